The Morgan fingerprint density at radius 3 is 2.21 bits per heavy atom. The Kier molecular flexibility index (Phi) is 9.38. The summed E-state index contributed by atoms with van der Waals surface area (Å²) < 4.78 is 29.3. The lowest BCUT2D eigenvalue weighted by Crippen LogP contribution is -2.44. The van der Waals surface area contributed by atoms with Gasteiger partial charge in [0.2, 0.25) is 0 Å². The minimum absolute atomic E-state index is 0.00337. The summed E-state index contributed by atoms with van der Waals surface area (Å²) in [4.78, 5) is 34.5. The fourth-order valence-electron chi connectivity index (χ4n) is 5.40. The van der Waals surface area contributed by atoms with E-state index in [-0.39, 0.29) is 24.0 Å². The number of hydrogen-bond acceptors (Lipinski definition) is 8. The first-order valence-corrected chi connectivity index (χ1v) is 16.3. The summed E-state index contributed by atoms with van der Waals surface area (Å²) in [7, 11) is -3.21. The van der Waals surface area contributed by atoms with Crippen molar-refractivity contribution >= 4 is 21.7 Å². The van der Waals surface area contributed by atoms with Crippen molar-refractivity contribution in [1.29, 1.82) is 5.26 Å². The molecule has 0 unspecified atom stereocenters. The molecule has 11 heteroatoms. The Hall–Kier alpha value is -4.27. The van der Waals surface area contributed by atoms with E-state index >= 15 is 0 Å². The lowest BCUT2D eigenvalue weighted by molar-refractivity contribution is 0.0589. The molecule has 2 amide bonds. The van der Waals surface area contributed by atoms with Crippen LogP contribution in [0.25, 0.3) is 0 Å². The zero-order valence-corrected chi connectivity index (χ0v) is 24.9. The molecule has 10 nitrogen and oxygen atoms in total. The van der Waals surface area contributed by atoms with Crippen LogP contribution in [0.3, 0.4) is 0 Å². The summed E-state index contributed by atoms with van der Waals surface area (Å²) in [6.45, 7) is 3.47. The van der Waals surface area contributed by atoms with Gasteiger partial charge in [-0.3, -0.25) is 19.5 Å². The molecule has 0 radical (unpaired) electrons. The molecule has 3 heterocycles. The van der Waals surface area contributed by atoms with Gasteiger partial charge in [0.1, 0.15) is 17.5 Å². The molecular weight excluding hydrogens is 566 g/mol. The van der Waals surface area contributed by atoms with E-state index in [1.54, 1.807) is 53.4 Å². The van der Waals surface area contributed by atoms with Gasteiger partial charge in [0.05, 0.1) is 22.1 Å². The summed E-state index contributed by atoms with van der Waals surface area (Å²) in [5.74, 6) is 0.341. The fourth-order valence-corrected chi connectivity index (χ4v) is 6.03. The molecule has 1 N–H and O–H groups in total. The Labute approximate surface area is 252 Å². The number of piperidine rings is 2. The number of ether oxygens (including phenoxy) is 1. The second-order valence-electron chi connectivity index (χ2n) is 11.1. The predicted molar refractivity (Wildman–Crippen MR) is 160 cm³/mol. The summed E-state index contributed by atoms with van der Waals surface area (Å²) in [5, 5.41) is 12.0. The molecule has 2 aromatic carbocycles. The van der Waals surface area contributed by atoms with Gasteiger partial charge in [0.25, 0.3) is 11.8 Å². The zero-order valence-electron chi connectivity index (χ0n) is 24.1. The van der Waals surface area contributed by atoms with Gasteiger partial charge in [-0.15, -0.1) is 0 Å². The average molecular weight is 602 g/mol. The Morgan fingerprint density at radius 2 is 1.63 bits per heavy atom. The Morgan fingerprint density at radius 1 is 0.953 bits per heavy atom. The Bertz CT molecular complexity index is 1570. The number of nitrogens with one attached hydrogen (secondary N) is 1. The van der Waals surface area contributed by atoms with E-state index < -0.39 is 9.84 Å². The number of carbonyl (C=O) groups excluding carboxylic acids is 2. The van der Waals surface area contributed by atoms with E-state index in [2.05, 4.69) is 21.3 Å². The summed E-state index contributed by atoms with van der Waals surface area (Å²) in [5.41, 5.74) is 2.36. The lowest BCUT2D eigenvalue weighted by atomic mass is 10.0. The largest absolute Gasteiger partial charge is 0.490 e. The molecule has 224 valence electrons. The van der Waals surface area contributed by atoms with Crippen LogP contribution in [0.1, 0.15) is 57.7 Å². The number of benzene rings is 2. The number of nitriles is 1. The summed E-state index contributed by atoms with van der Waals surface area (Å²) >= 11 is 0. The highest BCUT2D eigenvalue weighted by Crippen LogP contribution is 2.21. The van der Waals surface area contributed by atoms with Crippen molar-refractivity contribution in [2.24, 2.45) is 0 Å². The number of aromatic nitrogens is 1. The molecule has 0 aliphatic carbocycles. The van der Waals surface area contributed by atoms with Crippen LogP contribution in [0.2, 0.25) is 0 Å². The molecule has 0 spiro atoms. The number of likely N-dealkylation sites (tertiary alicyclic amines) is 2. The standard InChI is InChI=1S/C32H35N5O5S/c1-43(40,41)29-9-4-24(5-10-29)22-36-16-12-26(13-17-36)35-31(38)25-6-11-30(34-21-25)32(39)37-18-14-28(15-19-37)42-27-7-2-23(20-33)3-8-27/h2-11,21,26,28H,12-19,22H2,1H3,(H,35,38). The summed E-state index contributed by atoms with van der Waals surface area (Å²) in [6, 6.07) is 19.4. The van der Waals surface area contributed by atoms with Crippen LogP contribution in [0.15, 0.2) is 71.8 Å². The third-order valence-electron chi connectivity index (χ3n) is 7.94. The quantitative estimate of drug-likeness (QED) is 0.415. The smallest absolute Gasteiger partial charge is 0.272 e. The molecule has 2 saturated heterocycles. The minimum Gasteiger partial charge on any atom is -0.490 e. The summed E-state index contributed by atoms with van der Waals surface area (Å²) in [6.07, 6.45) is 5.66. The maximum absolute atomic E-state index is 13.0. The van der Waals surface area contributed by atoms with Crippen molar-refractivity contribution in [3.05, 3.63) is 89.2 Å². The molecule has 5 rings (SSSR count). The molecule has 3 aromatic rings. The van der Waals surface area contributed by atoms with Crippen LogP contribution in [-0.2, 0) is 16.4 Å². The van der Waals surface area contributed by atoms with Gasteiger partial charge in [-0.2, -0.15) is 5.26 Å². The van der Waals surface area contributed by atoms with Crippen LogP contribution in [0.5, 0.6) is 5.75 Å². The van der Waals surface area contributed by atoms with Gasteiger partial charge in [-0.25, -0.2) is 8.42 Å². The zero-order chi connectivity index (χ0) is 30.4. The molecule has 0 bridgehead atoms. The van der Waals surface area contributed by atoms with Gasteiger partial charge >= 0.3 is 0 Å². The van der Waals surface area contributed by atoms with Crippen LogP contribution in [-0.4, -0.2) is 79.6 Å². The van der Waals surface area contributed by atoms with Gasteiger partial charge in [0.15, 0.2) is 9.84 Å². The lowest BCUT2D eigenvalue weighted by Gasteiger charge is -2.32. The third kappa shape index (κ3) is 7.97. The molecule has 1 aromatic heterocycles. The molecule has 2 aliphatic rings. The molecular formula is C32H35N5O5S. The topological polar surface area (TPSA) is 133 Å². The molecule has 0 saturated carbocycles. The van der Waals surface area contributed by atoms with Crippen LogP contribution < -0.4 is 10.1 Å². The van der Waals surface area contributed by atoms with Crippen LogP contribution in [0.4, 0.5) is 0 Å². The van der Waals surface area contributed by atoms with Crippen molar-refractivity contribution < 1.29 is 22.7 Å². The average Bonchev–Trinajstić information content (AvgIpc) is 3.02. The molecule has 0 atom stereocenters. The first-order valence-electron chi connectivity index (χ1n) is 14.4. The van der Waals surface area contributed by atoms with Crippen molar-refractivity contribution in [2.45, 2.75) is 49.3 Å². The maximum atomic E-state index is 13.0. The van der Waals surface area contributed by atoms with Crippen molar-refractivity contribution in [2.75, 3.05) is 32.4 Å². The monoisotopic (exact) mass is 601 g/mol. The number of amides is 2. The number of rotatable bonds is 8. The van der Waals surface area contributed by atoms with Crippen LogP contribution >= 0.6 is 0 Å². The number of pyridine rings is 1. The predicted octanol–water partition coefficient (Wildman–Crippen LogP) is 3.43. The van der Waals surface area contributed by atoms with Crippen molar-refractivity contribution in [1.82, 2.24) is 20.1 Å². The van der Waals surface area contributed by atoms with Crippen molar-refractivity contribution in [3.63, 3.8) is 0 Å². The number of nitrogens with zero attached hydrogens (tertiary/aromatic N) is 4. The minimum atomic E-state index is -3.21. The molecule has 2 fully saturated rings. The van der Waals surface area contributed by atoms with E-state index in [4.69, 9.17) is 10.00 Å². The maximum Gasteiger partial charge on any atom is 0.272 e. The SMILES string of the molecule is CS(=O)(=O)c1ccc(CN2CCC(NC(=O)c3ccc(C(=O)N4CCC(Oc5ccc(C#N)cc5)CC4)nc3)CC2)cc1. The second-order valence-corrected chi connectivity index (χ2v) is 13.1. The first kappa shape index (κ1) is 30.2. The molecule has 43 heavy (non-hydrogen) atoms. The van der Waals surface area contributed by atoms with Gasteiger partial charge < -0.3 is 15.0 Å². The first-order chi connectivity index (χ1) is 20.7. The van der Waals surface area contributed by atoms with Gasteiger partial charge in [-0.05, 0) is 66.9 Å². The van der Waals surface area contributed by atoms with Gasteiger partial charge in [-0.1, -0.05) is 12.1 Å². The highest BCUT2D eigenvalue weighted by molar-refractivity contribution is 7.90. The number of hydrogen-bond donors (Lipinski definition) is 1. The second kappa shape index (κ2) is 13.4. The highest BCUT2D eigenvalue weighted by Gasteiger charge is 2.26. The normalized spacial score (nSPS) is 16.8. The Balaban J connectivity index is 1.05. The van der Waals surface area contributed by atoms with Gasteiger partial charge in [0, 0.05) is 64.1 Å². The third-order valence-corrected chi connectivity index (χ3v) is 9.07. The van der Waals surface area contributed by atoms with E-state index in [0.717, 1.165) is 38.0 Å². The highest BCUT2D eigenvalue weighted by atomic mass is 32.2. The van der Waals surface area contributed by atoms with Crippen molar-refractivity contribution in [3.8, 4) is 11.8 Å². The fraction of sp³-hybridized carbons (Fsp3) is 0.375. The van der Waals surface area contributed by atoms with E-state index in [1.807, 2.05) is 12.1 Å². The van der Waals surface area contributed by atoms with E-state index in [1.165, 1.54) is 12.5 Å². The van der Waals surface area contributed by atoms with E-state index in [9.17, 15) is 18.0 Å². The van der Waals surface area contributed by atoms with Crippen LogP contribution in [0, 0.1) is 11.3 Å². The number of sulfone groups is 1. The number of carbonyl (C=O) groups is 2. The van der Waals surface area contributed by atoms with E-state index in [0.29, 0.717) is 53.4 Å². The molecule has 2 aliphatic heterocycles.